The lowest BCUT2D eigenvalue weighted by molar-refractivity contribution is 0.102. The Hall–Kier alpha value is -2.68. The van der Waals surface area contributed by atoms with E-state index < -0.39 is 0 Å². The average Bonchev–Trinajstić information content (AvgIpc) is 2.51. The van der Waals surface area contributed by atoms with Gasteiger partial charge in [-0.2, -0.15) is 0 Å². The molecule has 0 atom stereocenters. The Morgan fingerprint density at radius 3 is 2.71 bits per heavy atom. The SMILES string of the molecule is Cc1cccc(NC(=O)c2cccc3ccncc23)c1C. The number of aromatic nitrogens is 1. The molecule has 0 aliphatic heterocycles. The smallest absolute Gasteiger partial charge is 0.256 e. The van der Waals surface area contributed by atoms with Crippen LogP contribution in [0.5, 0.6) is 0 Å². The van der Waals surface area contributed by atoms with Crippen LogP contribution in [0.2, 0.25) is 0 Å². The summed E-state index contributed by atoms with van der Waals surface area (Å²) in [6.45, 7) is 4.04. The fourth-order valence-electron chi connectivity index (χ4n) is 2.39. The summed E-state index contributed by atoms with van der Waals surface area (Å²) in [7, 11) is 0. The van der Waals surface area contributed by atoms with Gasteiger partial charge in [-0.15, -0.1) is 0 Å². The molecule has 3 rings (SSSR count). The van der Waals surface area contributed by atoms with Crippen molar-refractivity contribution in [2.75, 3.05) is 5.32 Å². The third-order valence-electron chi connectivity index (χ3n) is 3.78. The minimum atomic E-state index is -0.109. The molecule has 0 radical (unpaired) electrons. The first-order valence-corrected chi connectivity index (χ1v) is 6.87. The van der Waals surface area contributed by atoms with E-state index in [1.165, 1.54) is 0 Å². The van der Waals surface area contributed by atoms with Gasteiger partial charge in [0, 0.05) is 29.0 Å². The minimum absolute atomic E-state index is 0.109. The summed E-state index contributed by atoms with van der Waals surface area (Å²) in [5.41, 5.74) is 3.74. The van der Waals surface area contributed by atoms with Crippen molar-refractivity contribution in [2.45, 2.75) is 13.8 Å². The molecular weight excluding hydrogens is 260 g/mol. The Bertz CT molecular complexity index is 819. The van der Waals surface area contributed by atoms with Gasteiger partial charge in [-0.05, 0) is 48.6 Å². The van der Waals surface area contributed by atoms with Crippen molar-refractivity contribution in [3.05, 3.63) is 71.5 Å². The lowest BCUT2D eigenvalue weighted by Gasteiger charge is -2.11. The summed E-state index contributed by atoms with van der Waals surface area (Å²) in [4.78, 5) is 16.7. The lowest BCUT2D eigenvalue weighted by atomic mass is 10.0. The molecule has 1 amide bonds. The summed E-state index contributed by atoms with van der Waals surface area (Å²) in [5.74, 6) is -0.109. The Morgan fingerprint density at radius 2 is 1.86 bits per heavy atom. The number of amides is 1. The maximum atomic E-state index is 12.6. The Labute approximate surface area is 123 Å². The second-order valence-corrected chi connectivity index (χ2v) is 5.10. The first kappa shape index (κ1) is 13.3. The van der Waals surface area contributed by atoms with Gasteiger partial charge in [-0.25, -0.2) is 0 Å². The van der Waals surface area contributed by atoms with Crippen LogP contribution in [0, 0.1) is 13.8 Å². The van der Waals surface area contributed by atoms with E-state index in [2.05, 4.69) is 10.3 Å². The van der Waals surface area contributed by atoms with Crippen LogP contribution in [0.4, 0.5) is 5.69 Å². The molecule has 0 aliphatic rings. The maximum absolute atomic E-state index is 12.6. The molecule has 1 heterocycles. The summed E-state index contributed by atoms with van der Waals surface area (Å²) < 4.78 is 0. The zero-order valence-corrected chi connectivity index (χ0v) is 12.1. The molecule has 1 N–H and O–H groups in total. The molecule has 0 unspecified atom stereocenters. The molecule has 0 bridgehead atoms. The molecule has 1 aromatic heterocycles. The highest BCUT2D eigenvalue weighted by molar-refractivity contribution is 6.12. The molecule has 0 saturated carbocycles. The molecule has 104 valence electrons. The monoisotopic (exact) mass is 276 g/mol. The van der Waals surface area contributed by atoms with Gasteiger partial charge in [0.2, 0.25) is 0 Å². The molecule has 0 aliphatic carbocycles. The van der Waals surface area contributed by atoms with Crippen LogP contribution in [0.15, 0.2) is 54.9 Å². The van der Waals surface area contributed by atoms with Crippen molar-refractivity contribution in [3.63, 3.8) is 0 Å². The quantitative estimate of drug-likeness (QED) is 0.765. The largest absolute Gasteiger partial charge is 0.322 e. The van der Waals surface area contributed by atoms with Gasteiger partial charge < -0.3 is 5.32 Å². The molecule has 3 aromatic rings. The van der Waals surface area contributed by atoms with E-state index in [9.17, 15) is 4.79 Å². The molecule has 3 heteroatoms. The Morgan fingerprint density at radius 1 is 1.05 bits per heavy atom. The minimum Gasteiger partial charge on any atom is -0.322 e. The van der Waals surface area contributed by atoms with E-state index in [1.807, 2.05) is 56.3 Å². The van der Waals surface area contributed by atoms with E-state index in [0.717, 1.165) is 27.6 Å². The topological polar surface area (TPSA) is 42.0 Å². The van der Waals surface area contributed by atoms with Gasteiger partial charge in [0.15, 0.2) is 0 Å². The van der Waals surface area contributed by atoms with E-state index in [4.69, 9.17) is 0 Å². The number of hydrogen-bond donors (Lipinski definition) is 1. The van der Waals surface area contributed by atoms with E-state index in [-0.39, 0.29) is 5.91 Å². The number of hydrogen-bond acceptors (Lipinski definition) is 2. The molecule has 0 saturated heterocycles. The van der Waals surface area contributed by atoms with Crippen LogP contribution in [-0.4, -0.2) is 10.9 Å². The maximum Gasteiger partial charge on any atom is 0.256 e. The summed E-state index contributed by atoms with van der Waals surface area (Å²) in [6, 6.07) is 13.5. The Kier molecular flexibility index (Phi) is 3.40. The fraction of sp³-hybridized carbons (Fsp3) is 0.111. The number of carbonyl (C=O) groups excluding carboxylic acids is 1. The summed E-state index contributed by atoms with van der Waals surface area (Å²) >= 11 is 0. The number of rotatable bonds is 2. The second-order valence-electron chi connectivity index (χ2n) is 5.10. The number of carbonyl (C=O) groups is 1. The van der Waals surface area contributed by atoms with Crippen LogP contribution in [0.1, 0.15) is 21.5 Å². The summed E-state index contributed by atoms with van der Waals surface area (Å²) in [6.07, 6.45) is 3.46. The van der Waals surface area contributed by atoms with E-state index in [0.29, 0.717) is 5.56 Å². The predicted molar refractivity (Wildman–Crippen MR) is 85.6 cm³/mol. The van der Waals surface area contributed by atoms with Gasteiger partial charge in [0.25, 0.3) is 5.91 Å². The van der Waals surface area contributed by atoms with Gasteiger partial charge in [0.05, 0.1) is 0 Å². The van der Waals surface area contributed by atoms with Gasteiger partial charge in [-0.1, -0.05) is 24.3 Å². The van der Waals surface area contributed by atoms with Crippen molar-refractivity contribution in [1.82, 2.24) is 4.98 Å². The van der Waals surface area contributed by atoms with Crippen molar-refractivity contribution < 1.29 is 4.79 Å². The highest BCUT2D eigenvalue weighted by Crippen LogP contribution is 2.22. The standard InChI is InChI=1S/C18H16N2O/c1-12-5-3-8-17(13(12)2)20-18(21)15-7-4-6-14-9-10-19-11-16(14)15/h3-11H,1-2H3,(H,20,21). The van der Waals surface area contributed by atoms with Crippen molar-refractivity contribution in [1.29, 1.82) is 0 Å². The number of fused-ring (bicyclic) bond motifs is 1. The molecule has 21 heavy (non-hydrogen) atoms. The first-order valence-electron chi connectivity index (χ1n) is 6.87. The first-order chi connectivity index (χ1) is 10.2. The predicted octanol–water partition coefficient (Wildman–Crippen LogP) is 4.10. The molecule has 0 fully saturated rings. The normalized spacial score (nSPS) is 10.6. The van der Waals surface area contributed by atoms with E-state index >= 15 is 0 Å². The van der Waals surface area contributed by atoms with Crippen molar-refractivity contribution >= 4 is 22.4 Å². The zero-order chi connectivity index (χ0) is 14.8. The third kappa shape index (κ3) is 2.50. The highest BCUT2D eigenvalue weighted by atomic mass is 16.1. The van der Waals surface area contributed by atoms with Gasteiger partial charge in [-0.3, -0.25) is 9.78 Å². The van der Waals surface area contributed by atoms with Crippen LogP contribution in [0.3, 0.4) is 0 Å². The lowest BCUT2D eigenvalue weighted by Crippen LogP contribution is -2.13. The van der Waals surface area contributed by atoms with Crippen molar-refractivity contribution in [3.8, 4) is 0 Å². The van der Waals surface area contributed by atoms with Gasteiger partial charge in [0.1, 0.15) is 0 Å². The van der Waals surface area contributed by atoms with Crippen LogP contribution in [0.25, 0.3) is 10.8 Å². The molecule has 0 spiro atoms. The number of benzene rings is 2. The third-order valence-corrected chi connectivity index (χ3v) is 3.78. The fourth-order valence-corrected chi connectivity index (χ4v) is 2.39. The molecular formula is C18H16N2O. The highest BCUT2D eigenvalue weighted by Gasteiger charge is 2.11. The number of nitrogens with zero attached hydrogens (tertiary/aromatic N) is 1. The number of anilines is 1. The van der Waals surface area contributed by atoms with Crippen LogP contribution in [-0.2, 0) is 0 Å². The van der Waals surface area contributed by atoms with Crippen LogP contribution < -0.4 is 5.32 Å². The van der Waals surface area contributed by atoms with Gasteiger partial charge >= 0.3 is 0 Å². The second kappa shape index (κ2) is 5.37. The van der Waals surface area contributed by atoms with Crippen LogP contribution >= 0.6 is 0 Å². The van der Waals surface area contributed by atoms with E-state index in [1.54, 1.807) is 12.4 Å². The Balaban J connectivity index is 2.00. The number of aryl methyl sites for hydroxylation is 1. The molecule has 2 aromatic carbocycles. The number of pyridine rings is 1. The summed E-state index contributed by atoms with van der Waals surface area (Å²) in [5, 5.41) is 4.87. The zero-order valence-electron chi connectivity index (χ0n) is 12.1. The average molecular weight is 276 g/mol. The number of nitrogens with one attached hydrogen (secondary N) is 1. The van der Waals surface area contributed by atoms with Crippen molar-refractivity contribution in [2.24, 2.45) is 0 Å². The molecule has 3 nitrogen and oxygen atoms in total.